The van der Waals surface area contributed by atoms with Crippen LogP contribution in [0.25, 0.3) is 0 Å². The molecule has 0 fully saturated rings. The fourth-order valence-electron chi connectivity index (χ4n) is 1.99. The summed E-state index contributed by atoms with van der Waals surface area (Å²) >= 11 is 1.77. The number of hydrogen-bond acceptors (Lipinski definition) is 2. The fraction of sp³-hybridized carbons (Fsp3) is 0.250. The summed E-state index contributed by atoms with van der Waals surface area (Å²) in [6.07, 6.45) is 3.18. The van der Waals surface area contributed by atoms with Crippen molar-refractivity contribution in [1.82, 2.24) is 0 Å². The van der Waals surface area contributed by atoms with E-state index in [4.69, 9.17) is 0 Å². The molecule has 0 heterocycles. The molecular weight excluding hydrogens is 238 g/mol. The Morgan fingerprint density at radius 2 is 1.67 bits per heavy atom. The van der Waals surface area contributed by atoms with E-state index in [1.165, 1.54) is 16.1 Å². The van der Waals surface area contributed by atoms with Crippen LogP contribution in [-0.4, -0.2) is 6.26 Å². The van der Waals surface area contributed by atoms with Crippen LogP contribution in [0.3, 0.4) is 0 Å². The molecule has 2 rings (SSSR count). The molecule has 2 heteroatoms. The van der Waals surface area contributed by atoms with Gasteiger partial charge in [-0.2, -0.15) is 0 Å². The Kier molecular flexibility index (Phi) is 4.71. The molecule has 0 spiro atoms. The minimum absolute atomic E-state index is 0.381. The van der Waals surface area contributed by atoms with E-state index >= 15 is 0 Å². The third kappa shape index (κ3) is 3.30. The first-order chi connectivity index (χ1) is 8.83. The lowest BCUT2D eigenvalue weighted by atomic mass is 10.0. The van der Waals surface area contributed by atoms with Crippen LogP contribution >= 0.6 is 11.8 Å². The van der Waals surface area contributed by atoms with E-state index in [1.807, 2.05) is 0 Å². The Hall–Kier alpha value is -1.41. The molecule has 0 radical (unpaired) electrons. The van der Waals surface area contributed by atoms with E-state index in [9.17, 15) is 0 Å². The van der Waals surface area contributed by atoms with Gasteiger partial charge in [-0.05, 0) is 42.5 Å². The van der Waals surface area contributed by atoms with Gasteiger partial charge in [-0.1, -0.05) is 37.3 Å². The number of anilines is 1. The molecular formula is C16H19NS. The molecule has 1 nitrogen and oxygen atoms in total. The quantitative estimate of drug-likeness (QED) is 0.759. The summed E-state index contributed by atoms with van der Waals surface area (Å²) in [5, 5.41) is 3.59. The van der Waals surface area contributed by atoms with Gasteiger partial charge < -0.3 is 5.32 Å². The molecule has 0 aliphatic heterocycles. The molecule has 0 aliphatic carbocycles. The van der Waals surface area contributed by atoms with Gasteiger partial charge in [0.05, 0.1) is 6.04 Å². The van der Waals surface area contributed by atoms with E-state index in [2.05, 4.69) is 73.1 Å². The van der Waals surface area contributed by atoms with Crippen molar-refractivity contribution in [1.29, 1.82) is 0 Å². The molecule has 0 bridgehead atoms. The third-order valence-corrected chi connectivity index (χ3v) is 3.78. The SMILES string of the molecule is CCC(Nc1ccc(SC)cc1)c1ccccc1. The largest absolute Gasteiger partial charge is 0.378 e. The molecule has 0 saturated carbocycles. The second kappa shape index (κ2) is 6.50. The summed E-state index contributed by atoms with van der Waals surface area (Å²) in [5.41, 5.74) is 2.53. The van der Waals surface area contributed by atoms with E-state index < -0.39 is 0 Å². The number of benzene rings is 2. The lowest BCUT2D eigenvalue weighted by Crippen LogP contribution is -2.09. The van der Waals surface area contributed by atoms with Gasteiger partial charge in [0.25, 0.3) is 0 Å². The minimum Gasteiger partial charge on any atom is -0.378 e. The highest BCUT2D eigenvalue weighted by molar-refractivity contribution is 7.98. The van der Waals surface area contributed by atoms with Gasteiger partial charge in [0.2, 0.25) is 0 Å². The lowest BCUT2D eigenvalue weighted by molar-refractivity contribution is 0.749. The highest BCUT2D eigenvalue weighted by atomic mass is 32.2. The zero-order valence-corrected chi connectivity index (χ0v) is 11.7. The van der Waals surface area contributed by atoms with Crippen LogP contribution in [0.4, 0.5) is 5.69 Å². The number of hydrogen-bond donors (Lipinski definition) is 1. The van der Waals surface area contributed by atoms with Crippen LogP contribution in [0.1, 0.15) is 24.9 Å². The van der Waals surface area contributed by atoms with Crippen molar-refractivity contribution in [2.24, 2.45) is 0 Å². The Labute approximate surface area is 114 Å². The van der Waals surface area contributed by atoms with Crippen LogP contribution in [0.15, 0.2) is 59.5 Å². The fourth-order valence-corrected chi connectivity index (χ4v) is 2.40. The van der Waals surface area contributed by atoms with Gasteiger partial charge in [-0.15, -0.1) is 11.8 Å². The van der Waals surface area contributed by atoms with Crippen molar-refractivity contribution in [3.05, 3.63) is 60.2 Å². The summed E-state index contributed by atoms with van der Waals surface area (Å²) in [4.78, 5) is 1.30. The van der Waals surface area contributed by atoms with Gasteiger partial charge >= 0.3 is 0 Å². The van der Waals surface area contributed by atoms with Crippen molar-refractivity contribution in [2.45, 2.75) is 24.3 Å². The Morgan fingerprint density at radius 1 is 1.00 bits per heavy atom. The van der Waals surface area contributed by atoms with Crippen LogP contribution in [-0.2, 0) is 0 Å². The first kappa shape index (κ1) is 13.0. The first-order valence-electron chi connectivity index (χ1n) is 6.29. The number of nitrogens with one attached hydrogen (secondary N) is 1. The molecule has 0 amide bonds. The molecule has 2 aromatic carbocycles. The van der Waals surface area contributed by atoms with Crippen LogP contribution < -0.4 is 5.32 Å². The molecule has 1 atom stereocenters. The highest BCUT2D eigenvalue weighted by Gasteiger charge is 2.07. The maximum Gasteiger partial charge on any atom is 0.0511 e. The van der Waals surface area contributed by atoms with E-state index in [0.29, 0.717) is 6.04 Å². The van der Waals surface area contributed by atoms with Crippen molar-refractivity contribution in [3.63, 3.8) is 0 Å². The van der Waals surface area contributed by atoms with E-state index in [-0.39, 0.29) is 0 Å². The van der Waals surface area contributed by atoms with Gasteiger partial charge in [-0.25, -0.2) is 0 Å². The summed E-state index contributed by atoms with van der Waals surface area (Å²) < 4.78 is 0. The van der Waals surface area contributed by atoms with Gasteiger partial charge in [0, 0.05) is 10.6 Å². The van der Waals surface area contributed by atoms with Crippen LogP contribution in [0.5, 0.6) is 0 Å². The molecule has 0 saturated heterocycles. The van der Waals surface area contributed by atoms with Crippen LogP contribution in [0, 0.1) is 0 Å². The average Bonchev–Trinajstić information content (AvgIpc) is 2.46. The predicted octanol–water partition coefficient (Wildman–Crippen LogP) is 4.97. The summed E-state index contributed by atoms with van der Waals surface area (Å²) in [5.74, 6) is 0. The Balaban J connectivity index is 2.10. The zero-order valence-electron chi connectivity index (χ0n) is 10.9. The van der Waals surface area contributed by atoms with Crippen molar-refractivity contribution in [2.75, 3.05) is 11.6 Å². The lowest BCUT2D eigenvalue weighted by Gasteiger charge is -2.19. The number of thioether (sulfide) groups is 1. The van der Waals surface area contributed by atoms with E-state index in [1.54, 1.807) is 11.8 Å². The Bertz CT molecular complexity index is 464. The van der Waals surface area contributed by atoms with Crippen molar-refractivity contribution < 1.29 is 0 Å². The average molecular weight is 257 g/mol. The second-order valence-corrected chi connectivity index (χ2v) is 5.12. The Morgan fingerprint density at radius 3 is 2.22 bits per heavy atom. The normalized spacial score (nSPS) is 12.1. The monoisotopic (exact) mass is 257 g/mol. The topological polar surface area (TPSA) is 12.0 Å². The zero-order chi connectivity index (χ0) is 12.8. The molecule has 94 valence electrons. The van der Waals surface area contributed by atoms with Gasteiger partial charge in [0.15, 0.2) is 0 Å². The summed E-state index contributed by atoms with van der Waals surface area (Å²) in [6, 6.07) is 19.6. The van der Waals surface area contributed by atoms with Crippen molar-refractivity contribution >= 4 is 17.4 Å². The molecule has 1 unspecified atom stereocenters. The van der Waals surface area contributed by atoms with E-state index in [0.717, 1.165) is 6.42 Å². The number of rotatable bonds is 5. The van der Waals surface area contributed by atoms with Gasteiger partial charge in [-0.3, -0.25) is 0 Å². The predicted molar refractivity (Wildman–Crippen MR) is 81.3 cm³/mol. The molecule has 18 heavy (non-hydrogen) atoms. The second-order valence-electron chi connectivity index (χ2n) is 4.24. The standard InChI is InChI=1S/C16H19NS/c1-3-16(13-7-5-4-6-8-13)17-14-9-11-15(18-2)12-10-14/h4-12,16-17H,3H2,1-2H3. The molecule has 1 N–H and O–H groups in total. The summed E-state index contributed by atoms with van der Waals surface area (Å²) in [6.45, 7) is 2.21. The molecule has 0 aromatic heterocycles. The highest BCUT2D eigenvalue weighted by Crippen LogP contribution is 2.24. The van der Waals surface area contributed by atoms with Crippen molar-refractivity contribution in [3.8, 4) is 0 Å². The summed E-state index contributed by atoms with van der Waals surface area (Å²) in [7, 11) is 0. The maximum atomic E-state index is 3.59. The smallest absolute Gasteiger partial charge is 0.0511 e. The maximum absolute atomic E-state index is 3.59. The molecule has 2 aromatic rings. The van der Waals surface area contributed by atoms with Crippen LogP contribution in [0.2, 0.25) is 0 Å². The van der Waals surface area contributed by atoms with Gasteiger partial charge in [0.1, 0.15) is 0 Å². The first-order valence-corrected chi connectivity index (χ1v) is 7.51. The minimum atomic E-state index is 0.381. The molecule has 0 aliphatic rings. The third-order valence-electron chi connectivity index (χ3n) is 3.04.